The summed E-state index contributed by atoms with van der Waals surface area (Å²) < 4.78 is 44.1. The van der Waals surface area contributed by atoms with E-state index < -0.39 is 11.9 Å². The Kier molecular flexibility index (Phi) is 23.6. The van der Waals surface area contributed by atoms with Crippen molar-refractivity contribution in [2.24, 2.45) is 0 Å². The summed E-state index contributed by atoms with van der Waals surface area (Å²) in [7, 11) is 2.97. The lowest BCUT2D eigenvalue weighted by atomic mass is 10.1. The molecule has 0 unspecified atom stereocenters. The second-order valence-corrected chi connectivity index (χ2v) is 23.4. The van der Waals surface area contributed by atoms with E-state index in [0.717, 1.165) is 77.6 Å². The van der Waals surface area contributed by atoms with E-state index in [2.05, 4.69) is 62.8 Å². The van der Waals surface area contributed by atoms with Gasteiger partial charge in [0.2, 0.25) is 0 Å². The minimum absolute atomic E-state index is 0.00878. The van der Waals surface area contributed by atoms with E-state index in [1.807, 2.05) is 42.5 Å². The number of nitrogens with zero attached hydrogens (tertiary/aromatic N) is 13. The van der Waals surface area contributed by atoms with Crippen molar-refractivity contribution >= 4 is 17.8 Å². The average molecular weight is 1330 g/mol. The molecule has 1 N–H and O–H groups in total. The van der Waals surface area contributed by atoms with Crippen LogP contribution in [0.2, 0.25) is 0 Å². The second-order valence-electron chi connectivity index (χ2n) is 23.4. The van der Waals surface area contributed by atoms with Gasteiger partial charge in [-0.15, -0.1) is 0 Å². The zero-order valence-electron chi connectivity index (χ0n) is 54.4. The largest absolute Gasteiger partial charge is 0.489 e. The third-order valence-electron chi connectivity index (χ3n) is 16.6. The van der Waals surface area contributed by atoms with Crippen molar-refractivity contribution in [2.75, 3.05) is 67.0 Å². The van der Waals surface area contributed by atoms with Gasteiger partial charge in [-0.1, -0.05) is 18.2 Å². The molecule has 0 spiro atoms. The number of nitriles is 3. The first-order valence-electron chi connectivity index (χ1n) is 32.2. The summed E-state index contributed by atoms with van der Waals surface area (Å²) >= 11 is 0. The number of amides is 1. The molecule has 99 heavy (non-hydrogen) atoms. The van der Waals surface area contributed by atoms with Gasteiger partial charge in [0.15, 0.2) is 0 Å². The number of carboxylic acid groups (broad SMARTS) is 1. The van der Waals surface area contributed by atoms with E-state index in [1.54, 1.807) is 104 Å². The first-order chi connectivity index (χ1) is 48.4. The molecule has 6 aromatic heterocycles. The number of carbonyl (C=O) groups is 3. The van der Waals surface area contributed by atoms with Crippen molar-refractivity contribution < 1.29 is 57.4 Å². The van der Waals surface area contributed by atoms with E-state index >= 15 is 0 Å². The van der Waals surface area contributed by atoms with Crippen molar-refractivity contribution in [2.45, 2.75) is 82.2 Å². The Morgan fingerprint density at radius 3 is 1.13 bits per heavy atom. The molecule has 25 heteroatoms. The Morgan fingerprint density at radius 2 is 0.818 bits per heavy atom. The first kappa shape index (κ1) is 68.8. The molecule has 0 bridgehead atoms. The van der Waals surface area contributed by atoms with Crippen molar-refractivity contribution in [1.29, 1.82) is 15.8 Å². The zero-order valence-corrected chi connectivity index (χ0v) is 54.4. The van der Waals surface area contributed by atoms with Crippen LogP contribution in [-0.2, 0) is 42.9 Å². The van der Waals surface area contributed by atoms with E-state index in [4.69, 9.17) is 43.2 Å². The van der Waals surface area contributed by atoms with Crippen molar-refractivity contribution in [1.82, 2.24) is 49.8 Å². The van der Waals surface area contributed by atoms with Crippen LogP contribution in [0, 0.1) is 34.0 Å². The highest BCUT2D eigenvalue weighted by Gasteiger charge is 2.32. The quantitative estimate of drug-likeness (QED) is 0.0736. The highest BCUT2D eigenvalue weighted by Crippen LogP contribution is 2.32. The number of rotatable bonds is 19. The van der Waals surface area contributed by atoms with E-state index in [0.29, 0.717) is 140 Å². The molecule has 4 aliphatic rings. The summed E-state index contributed by atoms with van der Waals surface area (Å²) in [5.41, 5.74) is 9.17. The number of pyridine rings is 3. The van der Waals surface area contributed by atoms with Crippen molar-refractivity contribution in [3.8, 4) is 69.2 Å². The molecule has 0 saturated carbocycles. The second kappa shape index (κ2) is 33.9. The molecule has 0 aliphatic carbocycles. The molecule has 4 aliphatic heterocycles. The fourth-order valence-corrected chi connectivity index (χ4v) is 11.0. The van der Waals surface area contributed by atoms with Gasteiger partial charge in [-0.3, -0.25) is 9.78 Å². The molecule has 10 heterocycles. The van der Waals surface area contributed by atoms with Crippen molar-refractivity contribution in [3.05, 3.63) is 214 Å². The lowest BCUT2D eigenvalue weighted by molar-refractivity contribution is -0.0194. The first-order valence-corrected chi connectivity index (χ1v) is 32.2. The molecule has 0 atom stereocenters. The van der Waals surface area contributed by atoms with E-state index in [9.17, 15) is 30.2 Å². The number of benzene rings is 3. The molecule has 0 radical (unpaired) electrons. The number of likely N-dealkylation sites (tertiary alicyclic amines) is 1. The maximum Gasteiger partial charge on any atom is 0.356 e. The standard InChI is InChI=1S/C27H27N5O4.C24H22N4O4.C23H20N4O4/c1-34-22-16-32(17-22)27(33)24-4-2-18(15-30-24)12-26-29-9-6-23(31-26)19-3-5-25(20(13-19)14-28)36-21-7-10-35-11-8-21;1-30-24(29)21-4-2-16(15-27-21)12-23-26-9-6-20(28-23)17-3-5-22(18(13-17)14-25)32-19-7-10-31-11-8-19;24-13-17-12-16(2-4-21(17)31-18-6-9-30-10-7-18)19-5-8-25-22(27-19)11-15-1-3-20(23(28)29)26-14-15/h2-6,9,13,15,21-22H,7-8,10-12,16-17H2,1H3;2-6,9,13,15,19H,7-8,10-12H2,1H3;1-5,8,12,14,18H,6-7,9-11H2,(H,28,29). The maximum absolute atomic E-state index is 12.5. The summed E-state index contributed by atoms with van der Waals surface area (Å²) in [5.74, 6) is 1.89. The number of esters is 1. The van der Waals surface area contributed by atoms with Gasteiger partial charge in [-0.05, 0) is 108 Å². The van der Waals surface area contributed by atoms with Crippen molar-refractivity contribution in [3.63, 3.8) is 0 Å². The molecule has 9 aromatic rings. The Morgan fingerprint density at radius 1 is 0.465 bits per heavy atom. The lowest BCUT2D eigenvalue weighted by Gasteiger charge is -2.37. The van der Waals surface area contributed by atoms with E-state index in [-0.39, 0.29) is 41.7 Å². The fourth-order valence-electron chi connectivity index (χ4n) is 11.0. The van der Waals surface area contributed by atoms with Crippen LogP contribution in [0.3, 0.4) is 0 Å². The molecule has 13 rings (SSSR count). The molecule has 3 aromatic carbocycles. The highest BCUT2D eigenvalue weighted by molar-refractivity contribution is 5.93. The lowest BCUT2D eigenvalue weighted by Crippen LogP contribution is -2.54. The Balaban J connectivity index is 0.000000151. The Bertz CT molecular complexity index is 4410. The van der Waals surface area contributed by atoms with Crippen LogP contribution in [0.4, 0.5) is 0 Å². The summed E-state index contributed by atoms with van der Waals surface area (Å²) in [6, 6.07) is 38.7. The number of carboxylic acids is 1. The van der Waals surface area contributed by atoms with Crippen LogP contribution in [0.1, 0.15) is 121 Å². The van der Waals surface area contributed by atoms with Gasteiger partial charge >= 0.3 is 11.9 Å². The molecule has 4 saturated heterocycles. The van der Waals surface area contributed by atoms with Gasteiger partial charge in [-0.25, -0.2) is 49.5 Å². The van der Waals surface area contributed by atoms with E-state index in [1.165, 1.54) is 19.4 Å². The number of hydrogen-bond acceptors (Lipinski definition) is 23. The minimum Gasteiger partial charge on any atom is -0.489 e. The van der Waals surface area contributed by atoms with Gasteiger partial charge in [-0.2, -0.15) is 15.8 Å². The summed E-state index contributed by atoms with van der Waals surface area (Å²) in [5, 5.41) is 37.9. The molecule has 502 valence electrons. The van der Waals surface area contributed by atoms with Crippen LogP contribution in [0.25, 0.3) is 33.8 Å². The van der Waals surface area contributed by atoms with Gasteiger partial charge in [0.25, 0.3) is 5.91 Å². The predicted octanol–water partition coefficient (Wildman–Crippen LogP) is 9.63. The fraction of sp³-hybridized carbons (Fsp3) is 0.311. The van der Waals surface area contributed by atoms with Crippen LogP contribution < -0.4 is 14.2 Å². The smallest absolute Gasteiger partial charge is 0.356 e. The van der Waals surface area contributed by atoms with Crippen LogP contribution in [0.15, 0.2) is 146 Å². The molecule has 25 nitrogen and oxygen atoms in total. The summed E-state index contributed by atoms with van der Waals surface area (Å²) in [6.45, 7) is 5.23. The number of aromatic carboxylic acids is 1. The SMILES string of the molecule is COC(=O)c1ccc(Cc2nccc(-c3ccc(OC4CCOCC4)c(C#N)c3)n2)cn1.COC1CN(C(=O)c2ccc(Cc3nccc(-c4ccc(OC5CCOCC5)c(C#N)c4)n3)cn2)C1.N#Cc1cc(-c2ccnc(Cc3ccc(C(=O)O)nc3)n2)ccc1OC1CCOCC1. The molecule has 4 fully saturated rings. The van der Waals surface area contributed by atoms with Crippen LogP contribution >= 0.6 is 0 Å². The third-order valence-corrected chi connectivity index (χ3v) is 16.6. The molecular weight excluding hydrogens is 1260 g/mol. The van der Waals surface area contributed by atoms with Crippen LogP contribution in [-0.4, -0.2) is 164 Å². The normalized spacial score (nSPS) is 14.8. The average Bonchev–Trinajstić information content (AvgIpc) is 0.857. The monoisotopic (exact) mass is 1330 g/mol. The highest BCUT2D eigenvalue weighted by atomic mass is 16.5. The third kappa shape index (κ3) is 18.7. The predicted molar refractivity (Wildman–Crippen MR) is 356 cm³/mol. The topological polar surface area (TPSA) is 336 Å². The van der Waals surface area contributed by atoms with Gasteiger partial charge in [0.1, 0.15) is 88.3 Å². The number of carbonyl (C=O) groups excluding carboxylic acids is 2. The molecular formula is C74H69N13O12. The summed E-state index contributed by atoms with van der Waals surface area (Å²) in [4.78, 5) is 76.0. The summed E-state index contributed by atoms with van der Waals surface area (Å²) in [6.07, 6.45) is 16.4. The number of aromatic nitrogens is 9. The number of hydrogen-bond donors (Lipinski definition) is 1. The van der Waals surface area contributed by atoms with Gasteiger partial charge in [0, 0.05) is 132 Å². The number of methoxy groups -OCH3 is 2. The molecule has 1 amide bonds. The van der Waals surface area contributed by atoms with Gasteiger partial charge in [0.05, 0.1) is 86.6 Å². The van der Waals surface area contributed by atoms with Gasteiger partial charge < -0.3 is 47.9 Å². The maximum atomic E-state index is 12.5. The van der Waals surface area contributed by atoms with Crippen LogP contribution in [0.5, 0.6) is 17.2 Å². The Labute approximate surface area is 571 Å². The minimum atomic E-state index is -1.07. The zero-order chi connectivity index (χ0) is 68.9. The Hall–Kier alpha value is -11.5. The number of ether oxygens (including phenoxy) is 8.